The zero-order chi connectivity index (χ0) is 13.7. The lowest BCUT2D eigenvalue weighted by Crippen LogP contribution is -2.31. The van der Waals surface area contributed by atoms with Crippen molar-refractivity contribution in [2.45, 2.75) is 6.92 Å². The average molecular weight is 251 g/mol. The molecule has 1 aromatic carbocycles. The number of hydrogen-bond donors (Lipinski definition) is 1. The van der Waals surface area contributed by atoms with Crippen molar-refractivity contribution in [2.24, 2.45) is 0 Å². The lowest BCUT2D eigenvalue weighted by Gasteiger charge is -2.11. The number of rotatable bonds is 5. The summed E-state index contributed by atoms with van der Waals surface area (Å²) in [6.07, 6.45) is 0. The first-order valence-electron chi connectivity index (χ1n) is 5.60. The smallest absolute Gasteiger partial charge is 0.269 e. The average Bonchev–Trinajstić information content (AvgIpc) is 2.27. The molecule has 6 heteroatoms. The summed E-state index contributed by atoms with van der Waals surface area (Å²) in [6.45, 7) is 2.98. The number of nitrogens with one attached hydrogen (secondary N) is 1. The highest BCUT2D eigenvalue weighted by Crippen LogP contribution is 2.16. The topological polar surface area (TPSA) is 75.5 Å². The third-order valence-corrected chi connectivity index (χ3v) is 2.51. The van der Waals surface area contributed by atoms with Crippen molar-refractivity contribution < 1.29 is 9.72 Å². The molecule has 0 heterocycles. The van der Waals surface area contributed by atoms with Crippen molar-refractivity contribution >= 4 is 11.6 Å². The van der Waals surface area contributed by atoms with Crippen LogP contribution in [-0.4, -0.2) is 42.9 Å². The maximum absolute atomic E-state index is 11.8. The highest BCUT2D eigenvalue weighted by atomic mass is 16.6. The zero-order valence-corrected chi connectivity index (χ0v) is 10.8. The van der Waals surface area contributed by atoms with Gasteiger partial charge >= 0.3 is 0 Å². The third-order valence-electron chi connectivity index (χ3n) is 2.51. The van der Waals surface area contributed by atoms with E-state index >= 15 is 0 Å². The van der Waals surface area contributed by atoms with Gasteiger partial charge in [0.1, 0.15) is 0 Å². The minimum Gasteiger partial charge on any atom is -0.351 e. The predicted octanol–water partition coefficient (Wildman–Crippen LogP) is 1.19. The molecule has 0 aliphatic heterocycles. The van der Waals surface area contributed by atoms with E-state index in [0.29, 0.717) is 17.7 Å². The summed E-state index contributed by atoms with van der Waals surface area (Å²) in [5.74, 6) is -0.204. The van der Waals surface area contributed by atoms with Crippen LogP contribution in [0.1, 0.15) is 15.9 Å². The van der Waals surface area contributed by atoms with Crippen LogP contribution in [0.4, 0.5) is 5.69 Å². The zero-order valence-electron chi connectivity index (χ0n) is 10.8. The van der Waals surface area contributed by atoms with Gasteiger partial charge < -0.3 is 10.2 Å². The molecule has 0 saturated carbocycles. The van der Waals surface area contributed by atoms with E-state index in [4.69, 9.17) is 0 Å². The first kappa shape index (κ1) is 14.1. The number of non-ortho nitro benzene ring substituents is 1. The molecule has 1 aromatic rings. The van der Waals surface area contributed by atoms with Gasteiger partial charge in [0.2, 0.25) is 0 Å². The van der Waals surface area contributed by atoms with Crippen LogP contribution in [0.3, 0.4) is 0 Å². The first-order valence-corrected chi connectivity index (χ1v) is 5.60. The number of aryl methyl sites for hydroxylation is 1. The van der Waals surface area contributed by atoms with Crippen LogP contribution in [0.2, 0.25) is 0 Å². The van der Waals surface area contributed by atoms with Gasteiger partial charge in [0.15, 0.2) is 0 Å². The van der Waals surface area contributed by atoms with E-state index < -0.39 is 4.92 Å². The van der Waals surface area contributed by atoms with Crippen LogP contribution in [0, 0.1) is 17.0 Å². The number of carbonyl (C=O) groups excluding carboxylic acids is 1. The van der Waals surface area contributed by atoms with Gasteiger partial charge in [-0.15, -0.1) is 0 Å². The fourth-order valence-electron chi connectivity index (χ4n) is 1.50. The van der Waals surface area contributed by atoms with Crippen molar-refractivity contribution in [1.29, 1.82) is 0 Å². The van der Waals surface area contributed by atoms with E-state index in [0.717, 1.165) is 6.54 Å². The Morgan fingerprint density at radius 2 is 2.11 bits per heavy atom. The van der Waals surface area contributed by atoms with Gasteiger partial charge in [-0.3, -0.25) is 14.9 Å². The molecule has 0 fully saturated rings. The van der Waals surface area contributed by atoms with Gasteiger partial charge in [-0.1, -0.05) is 0 Å². The Balaban J connectivity index is 2.72. The SMILES string of the molecule is Cc1cc([N+](=O)[O-])ccc1C(=O)NCCN(C)C. The molecule has 0 bridgehead atoms. The Hall–Kier alpha value is -1.95. The molecule has 18 heavy (non-hydrogen) atoms. The fraction of sp³-hybridized carbons (Fsp3) is 0.417. The highest BCUT2D eigenvalue weighted by molar-refractivity contribution is 5.95. The molecule has 0 aliphatic carbocycles. The van der Waals surface area contributed by atoms with Crippen LogP contribution in [0.25, 0.3) is 0 Å². The van der Waals surface area contributed by atoms with Crippen LogP contribution >= 0.6 is 0 Å². The van der Waals surface area contributed by atoms with Gasteiger partial charge in [-0.05, 0) is 32.6 Å². The maximum Gasteiger partial charge on any atom is 0.269 e. The number of benzene rings is 1. The number of nitro groups is 1. The quantitative estimate of drug-likeness (QED) is 0.630. The van der Waals surface area contributed by atoms with Crippen molar-refractivity contribution in [1.82, 2.24) is 10.2 Å². The molecular formula is C12H17N3O3. The number of nitrogens with zero attached hydrogens (tertiary/aromatic N) is 2. The van der Waals surface area contributed by atoms with Gasteiger partial charge in [-0.25, -0.2) is 0 Å². The van der Waals surface area contributed by atoms with E-state index in [9.17, 15) is 14.9 Å². The molecule has 0 radical (unpaired) electrons. The minimum atomic E-state index is -0.472. The van der Waals surface area contributed by atoms with Crippen molar-refractivity contribution in [3.05, 3.63) is 39.4 Å². The number of nitro benzene ring substituents is 1. The highest BCUT2D eigenvalue weighted by Gasteiger charge is 2.12. The lowest BCUT2D eigenvalue weighted by atomic mass is 10.1. The van der Waals surface area contributed by atoms with Gasteiger partial charge in [0.05, 0.1) is 4.92 Å². The number of likely N-dealkylation sites (N-methyl/N-ethyl adjacent to an activating group) is 1. The van der Waals surface area contributed by atoms with E-state index in [-0.39, 0.29) is 11.6 Å². The third kappa shape index (κ3) is 3.81. The largest absolute Gasteiger partial charge is 0.351 e. The molecule has 6 nitrogen and oxygen atoms in total. The molecule has 1 rings (SSSR count). The normalized spacial score (nSPS) is 10.4. The van der Waals surface area contributed by atoms with Crippen molar-refractivity contribution in [3.63, 3.8) is 0 Å². The maximum atomic E-state index is 11.8. The Labute approximate surface area is 106 Å². The van der Waals surface area contributed by atoms with Crippen LogP contribution in [0.5, 0.6) is 0 Å². The Morgan fingerprint density at radius 3 is 2.61 bits per heavy atom. The molecule has 0 aliphatic rings. The standard InChI is InChI=1S/C12H17N3O3/c1-9-8-10(15(17)18)4-5-11(9)12(16)13-6-7-14(2)3/h4-5,8H,6-7H2,1-3H3,(H,13,16). The molecule has 1 N–H and O–H groups in total. The first-order chi connectivity index (χ1) is 8.41. The minimum absolute atomic E-state index is 0.00246. The van der Waals surface area contributed by atoms with Crippen LogP contribution in [0.15, 0.2) is 18.2 Å². The summed E-state index contributed by atoms with van der Waals surface area (Å²) in [4.78, 5) is 23.9. The molecule has 0 saturated heterocycles. The van der Waals surface area contributed by atoms with E-state index in [1.165, 1.54) is 18.2 Å². The Kier molecular flexibility index (Phi) is 4.79. The summed E-state index contributed by atoms with van der Waals surface area (Å²) in [5, 5.41) is 13.4. The van der Waals surface area contributed by atoms with Gasteiger partial charge in [-0.2, -0.15) is 0 Å². The molecular weight excluding hydrogens is 234 g/mol. The summed E-state index contributed by atoms with van der Waals surface area (Å²) >= 11 is 0. The second-order valence-corrected chi connectivity index (χ2v) is 4.32. The van der Waals surface area contributed by atoms with E-state index in [1.807, 2.05) is 19.0 Å². The predicted molar refractivity (Wildman–Crippen MR) is 68.7 cm³/mol. The molecule has 0 aromatic heterocycles. The Bertz CT molecular complexity index is 458. The lowest BCUT2D eigenvalue weighted by molar-refractivity contribution is -0.384. The Morgan fingerprint density at radius 1 is 1.44 bits per heavy atom. The summed E-state index contributed by atoms with van der Waals surface area (Å²) in [5.41, 5.74) is 1.07. The molecule has 98 valence electrons. The van der Waals surface area contributed by atoms with Crippen LogP contribution < -0.4 is 5.32 Å². The molecule has 1 amide bonds. The number of carbonyl (C=O) groups is 1. The van der Waals surface area contributed by atoms with Crippen LogP contribution in [-0.2, 0) is 0 Å². The summed E-state index contributed by atoms with van der Waals surface area (Å²) in [7, 11) is 3.84. The number of hydrogen-bond acceptors (Lipinski definition) is 4. The number of amides is 1. The molecule has 0 atom stereocenters. The van der Waals surface area contributed by atoms with E-state index in [1.54, 1.807) is 6.92 Å². The molecule has 0 spiro atoms. The monoisotopic (exact) mass is 251 g/mol. The van der Waals surface area contributed by atoms with Gasteiger partial charge in [0.25, 0.3) is 11.6 Å². The summed E-state index contributed by atoms with van der Waals surface area (Å²) in [6, 6.07) is 4.23. The second-order valence-electron chi connectivity index (χ2n) is 4.32. The van der Waals surface area contributed by atoms with Gasteiger partial charge in [0, 0.05) is 30.8 Å². The molecule has 0 unspecified atom stereocenters. The second kappa shape index (κ2) is 6.11. The summed E-state index contributed by atoms with van der Waals surface area (Å²) < 4.78 is 0. The fourth-order valence-corrected chi connectivity index (χ4v) is 1.50. The van der Waals surface area contributed by atoms with Crippen molar-refractivity contribution in [3.8, 4) is 0 Å². The van der Waals surface area contributed by atoms with E-state index in [2.05, 4.69) is 5.32 Å². The van der Waals surface area contributed by atoms with Crippen molar-refractivity contribution in [2.75, 3.05) is 27.2 Å².